The molecule has 0 radical (unpaired) electrons. The molecule has 2 aliphatic rings. The maximum absolute atomic E-state index is 12.6. The normalized spacial score (nSPS) is 21.4. The van der Waals surface area contributed by atoms with Crippen molar-refractivity contribution in [2.75, 3.05) is 18.4 Å². The largest absolute Gasteiger partial charge is 0.368 e. The maximum atomic E-state index is 12.6. The number of hydrogen-bond acceptors (Lipinski definition) is 5. The number of likely N-dealkylation sites (tertiary alicyclic amines) is 1. The number of anilines is 1. The van der Waals surface area contributed by atoms with E-state index in [2.05, 4.69) is 21.9 Å². The number of aryl methyl sites for hydroxylation is 2. The Morgan fingerprint density at radius 3 is 2.76 bits per heavy atom. The van der Waals surface area contributed by atoms with Crippen LogP contribution in [0.1, 0.15) is 32.0 Å². The highest BCUT2D eigenvalue weighted by Gasteiger charge is 2.35. The van der Waals surface area contributed by atoms with Gasteiger partial charge in [-0.25, -0.2) is 13.4 Å². The number of nitrogens with zero attached hydrogens (tertiary/aromatic N) is 3. The van der Waals surface area contributed by atoms with Gasteiger partial charge in [0, 0.05) is 44.9 Å². The van der Waals surface area contributed by atoms with Crippen molar-refractivity contribution in [3.8, 4) is 0 Å². The smallest absolute Gasteiger partial charge is 0.244 e. The zero-order valence-electron chi connectivity index (χ0n) is 16.5. The third-order valence-corrected chi connectivity index (χ3v) is 7.32. The zero-order chi connectivity index (χ0) is 20.4. The molecule has 1 aromatic carbocycles. The molecule has 2 aliphatic heterocycles. The summed E-state index contributed by atoms with van der Waals surface area (Å²) in [5, 5.41) is 3.32. The van der Waals surface area contributed by atoms with E-state index in [1.165, 1.54) is 0 Å². The zero-order valence-corrected chi connectivity index (χ0v) is 17.4. The van der Waals surface area contributed by atoms with Crippen molar-refractivity contribution in [2.45, 2.75) is 50.2 Å². The van der Waals surface area contributed by atoms with Gasteiger partial charge in [-0.3, -0.25) is 4.79 Å². The first-order valence-corrected chi connectivity index (χ1v) is 11.6. The predicted molar refractivity (Wildman–Crippen MR) is 110 cm³/mol. The minimum Gasteiger partial charge on any atom is -0.368 e. The fraction of sp³-hybridized carbons (Fsp3) is 0.500. The summed E-state index contributed by atoms with van der Waals surface area (Å²) in [4.78, 5) is 19.1. The quantitative estimate of drug-likeness (QED) is 0.773. The Kier molecular flexibility index (Phi) is 5.60. The summed E-state index contributed by atoms with van der Waals surface area (Å²) in [7, 11) is -3.51. The molecule has 1 amide bonds. The van der Waals surface area contributed by atoms with E-state index in [0.29, 0.717) is 31.7 Å². The molecule has 0 bridgehead atoms. The molecule has 3 heterocycles. The van der Waals surface area contributed by atoms with Crippen LogP contribution >= 0.6 is 0 Å². The number of nitrogens with one attached hydrogen (secondary N) is 2. The van der Waals surface area contributed by atoms with Gasteiger partial charge in [-0.1, -0.05) is 19.1 Å². The van der Waals surface area contributed by atoms with E-state index in [1.807, 2.05) is 21.7 Å². The number of hydrogen-bond donors (Lipinski definition) is 2. The first-order valence-electron chi connectivity index (χ1n) is 10.1. The molecule has 29 heavy (non-hydrogen) atoms. The molecule has 2 aromatic rings. The molecule has 1 fully saturated rings. The molecule has 1 unspecified atom stereocenters. The summed E-state index contributed by atoms with van der Waals surface area (Å²) in [5.41, 5.74) is 0.641. The summed E-state index contributed by atoms with van der Waals surface area (Å²) in [6, 6.07) is 6.94. The lowest BCUT2D eigenvalue weighted by molar-refractivity contribution is -0.132. The van der Waals surface area contributed by atoms with Gasteiger partial charge in [0.15, 0.2) is 0 Å². The van der Waals surface area contributed by atoms with Gasteiger partial charge in [0.2, 0.25) is 15.9 Å². The van der Waals surface area contributed by atoms with E-state index >= 15 is 0 Å². The van der Waals surface area contributed by atoms with Crippen LogP contribution in [0.2, 0.25) is 0 Å². The van der Waals surface area contributed by atoms with Crippen LogP contribution < -0.4 is 10.0 Å². The topological polar surface area (TPSA) is 96.3 Å². The third kappa shape index (κ3) is 4.16. The second-order valence-corrected chi connectivity index (χ2v) is 9.28. The molecule has 0 spiro atoms. The van der Waals surface area contributed by atoms with Crippen molar-refractivity contribution in [2.24, 2.45) is 5.92 Å². The number of fused-ring (bicyclic) bond motifs is 1. The van der Waals surface area contributed by atoms with Gasteiger partial charge in [0.1, 0.15) is 10.7 Å². The van der Waals surface area contributed by atoms with E-state index in [0.717, 1.165) is 25.1 Å². The molecular weight excluding hydrogens is 390 g/mol. The SMILES string of the molecule is CCc1nccn1CCC(=O)N1CCC(C2Nc3ccccc3S(=O)(=O)N2)CC1. The molecule has 2 N–H and O–H groups in total. The Labute approximate surface area is 171 Å². The average Bonchev–Trinajstić information content (AvgIpc) is 3.19. The molecule has 1 atom stereocenters. The fourth-order valence-electron chi connectivity index (χ4n) is 4.18. The van der Waals surface area contributed by atoms with Crippen molar-refractivity contribution in [1.29, 1.82) is 0 Å². The molecule has 0 saturated carbocycles. The molecule has 8 nitrogen and oxygen atoms in total. The number of imidazole rings is 1. The van der Waals surface area contributed by atoms with Crippen LogP contribution in [0.4, 0.5) is 5.69 Å². The number of sulfonamides is 1. The summed E-state index contributed by atoms with van der Waals surface area (Å²) in [6.07, 6.45) is 6.17. The standard InChI is InChI=1S/C20H27N5O3S/c1-2-18-21-10-14-24(18)13-9-19(26)25-11-7-15(8-12-25)20-22-16-5-3-4-6-17(16)29(27,28)23-20/h3-6,10,14-15,20,22-23H,2,7-9,11-13H2,1H3. The lowest BCUT2D eigenvalue weighted by atomic mass is 9.93. The maximum Gasteiger partial charge on any atom is 0.244 e. The van der Waals surface area contributed by atoms with Gasteiger partial charge < -0.3 is 14.8 Å². The van der Waals surface area contributed by atoms with Crippen LogP contribution in [0.25, 0.3) is 0 Å². The number of aromatic nitrogens is 2. The summed E-state index contributed by atoms with van der Waals surface area (Å²) in [6.45, 7) is 3.99. The average molecular weight is 418 g/mol. The molecule has 1 aromatic heterocycles. The third-order valence-electron chi connectivity index (χ3n) is 5.82. The highest BCUT2D eigenvalue weighted by atomic mass is 32.2. The first-order chi connectivity index (χ1) is 14.0. The van der Waals surface area contributed by atoms with Crippen molar-refractivity contribution in [3.63, 3.8) is 0 Å². The van der Waals surface area contributed by atoms with Crippen LogP contribution in [0.15, 0.2) is 41.6 Å². The van der Waals surface area contributed by atoms with Crippen LogP contribution in [-0.2, 0) is 27.8 Å². The summed E-state index contributed by atoms with van der Waals surface area (Å²) >= 11 is 0. The van der Waals surface area contributed by atoms with E-state index < -0.39 is 10.0 Å². The van der Waals surface area contributed by atoms with E-state index in [9.17, 15) is 13.2 Å². The van der Waals surface area contributed by atoms with E-state index in [4.69, 9.17) is 0 Å². The number of rotatable bonds is 5. The number of benzene rings is 1. The van der Waals surface area contributed by atoms with Crippen LogP contribution in [-0.4, -0.2) is 48.0 Å². The molecule has 9 heteroatoms. The van der Waals surface area contributed by atoms with Gasteiger partial charge in [0.05, 0.1) is 11.9 Å². The molecule has 4 rings (SSSR count). The summed E-state index contributed by atoms with van der Waals surface area (Å²) in [5.74, 6) is 1.27. The summed E-state index contributed by atoms with van der Waals surface area (Å²) < 4.78 is 29.8. The van der Waals surface area contributed by atoms with Gasteiger partial charge >= 0.3 is 0 Å². The number of para-hydroxylation sites is 1. The van der Waals surface area contributed by atoms with Crippen molar-refractivity contribution >= 4 is 21.6 Å². The molecule has 1 saturated heterocycles. The Bertz CT molecular complexity index is 980. The van der Waals surface area contributed by atoms with E-state index in [-0.39, 0.29) is 22.9 Å². The lowest BCUT2D eigenvalue weighted by Crippen LogP contribution is -2.52. The number of carbonyl (C=O) groups is 1. The molecule has 156 valence electrons. The second-order valence-electron chi connectivity index (χ2n) is 7.60. The van der Waals surface area contributed by atoms with Gasteiger partial charge in [0.25, 0.3) is 0 Å². The lowest BCUT2D eigenvalue weighted by Gasteiger charge is -2.39. The first kappa shape index (κ1) is 19.9. The van der Waals surface area contributed by atoms with Crippen molar-refractivity contribution in [1.82, 2.24) is 19.2 Å². The molecule has 0 aliphatic carbocycles. The monoisotopic (exact) mass is 417 g/mol. The van der Waals surface area contributed by atoms with Crippen LogP contribution in [0, 0.1) is 5.92 Å². The van der Waals surface area contributed by atoms with Gasteiger partial charge in [-0.05, 0) is 30.9 Å². The number of carbonyl (C=O) groups excluding carboxylic acids is 1. The fourth-order valence-corrected chi connectivity index (χ4v) is 5.56. The van der Waals surface area contributed by atoms with Crippen LogP contribution in [0.5, 0.6) is 0 Å². The predicted octanol–water partition coefficient (Wildman–Crippen LogP) is 1.80. The Morgan fingerprint density at radius 1 is 1.24 bits per heavy atom. The number of amides is 1. The second kappa shape index (κ2) is 8.16. The highest BCUT2D eigenvalue weighted by Crippen LogP contribution is 2.30. The van der Waals surface area contributed by atoms with Crippen molar-refractivity contribution in [3.05, 3.63) is 42.5 Å². The van der Waals surface area contributed by atoms with E-state index in [1.54, 1.807) is 24.4 Å². The van der Waals surface area contributed by atoms with Gasteiger partial charge in [-0.2, -0.15) is 4.72 Å². The minimum absolute atomic E-state index is 0.140. The molecular formula is C20H27N5O3S. The van der Waals surface area contributed by atoms with Crippen LogP contribution in [0.3, 0.4) is 0 Å². The Balaban J connectivity index is 1.32. The minimum atomic E-state index is -3.51. The Morgan fingerprint density at radius 2 is 2.00 bits per heavy atom. The number of piperidine rings is 1. The highest BCUT2D eigenvalue weighted by molar-refractivity contribution is 7.89. The Hall–Kier alpha value is -2.39. The van der Waals surface area contributed by atoms with Crippen molar-refractivity contribution < 1.29 is 13.2 Å². The van der Waals surface area contributed by atoms with Gasteiger partial charge in [-0.15, -0.1) is 0 Å².